The predicted octanol–water partition coefficient (Wildman–Crippen LogP) is 2.00. The summed E-state index contributed by atoms with van der Waals surface area (Å²) >= 11 is 0. The van der Waals surface area contributed by atoms with Crippen molar-refractivity contribution in [2.24, 2.45) is 0 Å². The second kappa shape index (κ2) is 3.81. The van der Waals surface area contributed by atoms with E-state index in [9.17, 15) is 9.59 Å². The monoisotopic (exact) mass is 217 g/mol. The molecule has 2 N–H and O–H groups in total. The molecule has 4 heteroatoms. The fourth-order valence-corrected chi connectivity index (χ4v) is 1.88. The highest BCUT2D eigenvalue weighted by Crippen LogP contribution is 2.23. The largest absolute Gasteiger partial charge is 0.481 e. The Labute approximate surface area is 91.9 Å². The van der Waals surface area contributed by atoms with Crippen LogP contribution in [0.1, 0.15) is 23.0 Å². The molecule has 16 heavy (non-hydrogen) atoms. The highest BCUT2D eigenvalue weighted by atomic mass is 16.4. The van der Waals surface area contributed by atoms with Crippen molar-refractivity contribution in [3.8, 4) is 0 Å². The zero-order valence-electron chi connectivity index (χ0n) is 8.78. The second-order valence-corrected chi connectivity index (χ2v) is 3.65. The van der Waals surface area contributed by atoms with Gasteiger partial charge in [-0.1, -0.05) is 18.2 Å². The first-order chi connectivity index (χ1) is 7.59. The first-order valence-corrected chi connectivity index (χ1v) is 4.92. The normalized spacial score (nSPS) is 10.6. The fraction of sp³-hybridized carbons (Fsp3) is 0.167. The van der Waals surface area contributed by atoms with E-state index in [1.165, 1.54) is 6.92 Å². The molecule has 2 rings (SSSR count). The van der Waals surface area contributed by atoms with Gasteiger partial charge in [0.05, 0.1) is 6.42 Å². The first-order valence-electron chi connectivity index (χ1n) is 4.92. The fourth-order valence-electron chi connectivity index (χ4n) is 1.88. The van der Waals surface area contributed by atoms with Crippen molar-refractivity contribution in [1.82, 2.24) is 4.98 Å². The maximum atomic E-state index is 11.5. The summed E-state index contributed by atoms with van der Waals surface area (Å²) in [6, 6.07) is 7.31. The van der Waals surface area contributed by atoms with Gasteiger partial charge in [-0.3, -0.25) is 9.59 Å². The minimum absolute atomic E-state index is 0.117. The molecule has 1 aromatic heterocycles. The molecular weight excluding hydrogens is 206 g/mol. The van der Waals surface area contributed by atoms with Gasteiger partial charge in [0, 0.05) is 22.2 Å². The number of ketones is 1. The number of fused-ring (bicyclic) bond motifs is 1. The minimum Gasteiger partial charge on any atom is -0.481 e. The van der Waals surface area contributed by atoms with E-state index >= 15 is 0 Å². The third-order valence-corrected chi connectivity index (χ3v) is 2.46. The summed E-state index contributed by atoms with van der Waals surface area (Å²) in [5.41, 5.74) is 1.75. The lowest BCUT2D eigenvalue weighted by Crippen LogP contribution is -2.05. The van der Waals surface area contributed by atoms with Crippen LogP contribution < -0.4 is 0 Å². The average Bonchev–Trinajstić information content (AvgIpc) is 2.53. The Morgan fingerprint density at radius 2 is 2.00 bits per heavy atom. The molecule has 1 heterocycles. The number of aromatic nitrogens is 1. The van der Waals surface area contributed by atoms with Crippen molar-refractivity contribution in [3.05, 3.63) is 35.5 Å². The molecule has 2 aromatic rings. The summed E-state index contributed by atoms with van der Waals surface area (Å²) in [6.07, 6.45) is -0.163. The number of aromatic amines is 1. The quantitative estimate of drug-likeness (QED) is 0.772. The number of nitrogens with one attached hydrogen (secondary N) is 1. The summed E-state index contributed by atoms with van der Waals surface area (Å²) in [5.74, 6) is -1.07. The topological polar surface area (TPSA) is 70.2 Å². The molecule has 82 valence electrons. The number of Topliss-reactive ketones (excluding diaryl/α,β-unsaturated/α-hetero) is 1. The number of carbonyl (C=O) groups excluding carboxylic acids is 1. The summed E-state index contributed by atoms with van der Waals surface area (Å²) in [4.78, 5) is 25.2. The number of aliphatic carboxylic acids is 1. The van der Waals surface area contributed by atoms with E-state index in [0.717, 1.165) is 10.9 Å². The van der Waals surface area contributed by atoms with Gasteiger partial charge < -0.3 is 10.1 Å². The molecule has 0 aliphatic rings. The second-order valence-electron chi connectivity index (χ2n) is 3.65. The molecule has 0 radical (unpaired) electrons. The van der Waals surface area contributed by atoms with Crippen molar-refractivity contribution in [2.75, 3.05) is 0 Å². The number of carbonyl (C=O) groups is 2. The SMILES string of the molecule is CC(=O)c1c(CC(=O)O)[nH]c2ccccc12. The number of hydrogen-bond donors (Lipinski definition) is 2. The molecule has 0 amide bonds. The van der Waals surface area contributed by atoms with Crippen LogP contribution in [0.4, 0.5) is 0 Å². The third-order valence-electron chi connectivity index (χ3n) is 2.46. The molecule has 0 unspecified atom stereocenters. The van der Waals surface area contributed by atoms with Gasteiger partial charge in [-0.2, -0.15) is 0 Å². The van der Waals surface area contributed by atoms with E-state index in [1.807, 2.05) is 24.3 Å². The van der Waals surface area contributed by atoms with Crippen LogP contribution in [0.15, 0.2) is 24.3 Å². The number of H-pyrrole nitrogens is 1. The van der Waals surface area contributed by atoms with E-state index in [2.05, 4.69) is 4.98 Å². The third kappa shape index (κ3) is 1.69. The summed E-state index contributed by atoms with van der Waals surface area (Å²) in [5, 5.41) is 9.55. The number of para-hydroxylation sites is 1. The van der Waals surface area contributed by atoms with E-state index in [-0.39, 0.29) is 12.2 Å². The van der Waals surface area contributed by atoms with Gasteiger partial charge in [0.25, 0.3) is 0 Å². The van der Waals surface area contributed by atoms with E-state index in [0.29, 0.717) is 11.3 Å². The van der Waals surface area contributed by atoms with Crippen LogP contribution >= 0.6 is 0 Å². The van der Waals surface area contributed by atoms with Crippen molar-refractivity contribution >= 4 is 22.7 Å². The lowest BCUT2D eigenvalue weighted by atomic mass is 10.1. The molecule has 0 saturated carbocycles. The molecular formula is C12H11NO3. The molecule has 0 saturated heterocycles. The van der Waals surface area contributed by atoms with Crippen molar-refractivity contribution in [2.45, 2.75) is 13.3 Å². The Bertz CT molecular complexity index is 569. The molecule has 1 aromatic carbocycles. The smallest absolute Gasteiger partial charge is 0.309 e. The molecule has 0 spiro atoms. The standard InChI is InChI=1S/C12H11NO3/c1-7(14)12-8-4-2-3-5-9(8)13-10(12)6-11(15)16/h2-5,13H,6H2,1H3,(H,15,16). The van der Waals surface area contributed by atoms with Crippen LogP contribution in [-0.2, 0) is 11.2 Å². The van der Waals surface area contributed by atoms with Crippen molar-refractivity contribution in [3.63, 3.8) is 0 Å². The molecule has 0 fully saturated rings. The van der Waals surface area contributed by atoms with Crippen LogP contribution in [0.3, 0.4) is 0 Å². The van der Waals surface area contributed by atoms with Gasteiger partial charge in [0.15, 0.2) is 5.78 Å². The van der Waals surface area contributed by atoms with E-state index in [4.69, 9.17) is 5.11 Å². The summed E-state index contributed by atoms with van der Waals surface area (Å²) in [7, 11) is 0. The van der Waals surface area contributed by atoms with Crippen molar-refractivity contribution in [1.29, 1.82) is 0 Å². The van der Waals surface area contributed by atoms with Crippen LogP contribution in [0.25, 0.3) is 10.9 Å². The predicted molar refractivity (Wildman–Crippen MR) is 59.6 cm³/mol. The summed E-state index contributed by atoms with van der Waals surface area (Å²) in [6.45, 7) is 1.45. The molecule has 0 aliphatic heterocycles. The van der Waals surface area contributed by atoms with Crippen LogP contribution in [-0.4, -0.2) is 21.8 Å². The highest BCUT2D eigenvalue weighted by molar-refractivity contribution is 6.08. The van der Waals surface area contributed by atoms with Gasteiger partial charge in [-0.05, 0) is 13.0 Å². The highest BCUT2D eigenvalue weighted by Gasteiger charge is 2.16. The Morgan fingerprint density at radius 3 is 2.62 bits per heavy atom. The van der Waals surface area contributed by atoms with E-state index in [1.54, 1.807) is 0 Å². The lowest BCUT2D eigenvalue weighted by Gasteiger charge is -1.97. The average molecular weight is 217 g/mol. The number of rotatable bonds is 3. The van der Waals surface area contributed by atoms with Crippen LogP contribution in [0.5, 0.6) is 0 Å². The maximum absolute atomic E-state index is 11.5. The first kappa shape index (κ1) is 10.4. The Kier molecular flexibility index (Phi) is 2.48. The van der Waals surface area contributed by atoms with Crippen LogP contribution in [0.2, 0.25) is 0 Å². The zero-order chi connectivity index (χ0) is 11.7. The molecule has 0 aliphatic carbocycles. The van der Waals surface area contributed by atoms with Crippen LogP contribution in [0, 0.1) is 0 Å². The number of carboxylic acid groups (broad SMARTS) is 1. The number of hydrogen-bond acceptors (Lipinski definition) is 2. The maximum Gasteiger partial charge on any atom is 0.309 e. The zero-order valence-corrected chi connectivity index (χ0v) is 8.78. The minimum atomic E-state index is -0.950. The van der Waals surface area contributed by atoms with Gasteiger partial charge in [-0.15, -0.1) is 0 Å². The van der Waals surface area contributed by atoms with E-state index < -0.39 is 5.97 Å². The Morgan fingerprint density at radius 1 is 1.31 bits per heavy atom. The molecule has 0 bridgehead atoms. The van der Waals surface area contributed by atoms with Gasteiger partial charge in [-0.25, -0.2) is 0 Å². The van der Waals surface area contributed by atoms with Gasteiger partial charge >= 0.3 is 5.97 Å². The number of benzene rings is 1. The van der Waals surface area contributed by atoms with Crippen molar-refractivity contribution < 1.29 is 14.7 Å². The Hall–Kier alpha value is -2.10. The lowest BCUT2D eigenvalue weighted by molar-refractivity contribution is -0.136. The van der Waals surface area contributed by atoms with Gasteiger partial charge in [0.2, 0.25) is 0 Å². The number of carboxylic acids is 1. The Balaban J connectivity index is 2.68. The van der Waals surface area contributed by atoms with Gasteiger partial charge in [0.1, 0.15) is 0 Å². The molecule has 0 atom stereocenters. The molecule has 4 nitrogen and oxygen atoms in total. The summed E-state index contributed by atoms with van der Waals surface area (Å²) < 4.78 is 0.